The third-order valence-corrected chi connectivity index (χ3v) is 4.84. The van der Waals surface area contributed by atoms with Crippen LogP contribution in [0, 0.1) is 5.92 Å². The summed E-state index contributed by atoms with van der Waals surface area (Å²) >= 11 is 0. The lowest BCUT2D eigenvalue weighted by Gasteiger charge is -2.26. The van der Waals surface area contributed by atoms with Crippen LogP contribution in [0.5, 0.6) is 0 Å². The summed E-state index contributed by atoms with van der Waals surface area (Å²) < 4.78 is 22.5. The van der Waals surface area contributed by atoms with Crippen LogP contribution in [0.3, 0.4) is 0 Å². The van der Waals surface area contributed by atoms with E-state index in [9.17, 15) is 18.0 Å². The number of amides is 1. The summed E-state index contributed by atoms with van der Waals surface area (Å²) in [6.45, 7) is 1.67. The second-order valence-electron chi connectivity index (χ2n) is 4.31. The van der Waals surface area contributed by atoms with Gasteiger partial charge in [0.05, 0.1) is 17.4 Å². The van der Waals surface area contributed by atoms with E-state index in [1.807, 2.05) is 0 Å². The fourth-order valence-electron chi connectivity index (χ4n) is 2.05. The van der Waals surface area contributed by atoms with Crippen LogP contribution in [0.2, 0.25) is 0 Å². The minimum Gasteiger partial charge on any atom is -0.480 e. The maximum absolute atomic E-state index is 11.9. The number of carbonyl (C=O) groups is 2. The van der Waals surface area contributed by atoms with E-state index in [4.69, 9.17) is 5.11 Å². The molecule has 1 saturated heterocycles. The van der Waals surface area contributed by atoms with Gasteiger partial charge >= 0.3 is 5.97 Å². The maximum atomic E-state index is 11.9. The standard InChI is InChI=1S/C10H17NO5S/c1-3-8(10(13)14)11(2)9(12)7-4-5-17(15,16)6-7/h7-8H,3-6H2,1-2H3,(H,13,14). The highest BCUT2D eigenvalue weighted by Crippen LogP contribution is 2.21. The van der Waals surface area contributed by atoms with Crippen LogP contribution in [0.1, 0.15) is 19.8 Å². The molecule has 17 heavy (non-hydrogen) atoms. The van der Waals surface area contributed by atoms with Gasteiger partial charge in [-0.05, 0) is 12.8 Å². The van der Waals surface area contributed by atoms with Crippen molar-refractivity contribution in [3.05, 3.63) is 0 Å². The number of carbonyl (C=O) groups excluding carboxylic acids is 1. The molecule has 1 heterocycles. The van der Waals surface area contributed by atoms with E-state index in [0.717, 1.165) is 4.90 Å². The fraction of sp³-hybridized carbons (Fsp3) is 0.800. The number of rotatable bonds is 4. The van der Waals surface area contributed by atoms with Crippen molar-refractivity contribution in [3.8, 4) is 0 Å². The quantitative estimate of drug-likeness (QED) is 0.754. The lowest BCUT2D eigenvalue weighted by Crippen LogP contribution is -2.45. The summed E-state index contributed by atoms with van der Waals surface area (Å²) in [6.07, 6.45) is 0.596. The molecule has 0 bridgehead atoms. The first-order chi connectivity index (χ1) is 7.78. The van der Waals surface area contributed by atoms with Gasteiger partial charge in [-0.15, -0.1) is 0 Å². The molecule has 1 aliphatic rings. The fourth-order valence-corrected chi connectivity index (χ4v) is 3.78. The Hall–Kier alpha value is -1.11. The van der Waals surface area contributed by atoms with Gasteiger partial charge in [-0.25, -0.2) is 13.2 Å². The van der Waals surface area contributed by atoms with Gasteiger partial charge in [0, 0.05) is 7.05 Å². The number of aliphatic carboxylic acids is 1. The average molecular weight is 263 g/mol. The molecule has 98 valence electrons. The Morgan fingerprint density at radius 1 is 1.47 bits per heavy atom. The van der Waals surface area contributed by atoms with Crippen molar-refractivity contribution in [2.45, 2.75) is 25.8 Å². The van der Waals surface area contributed by atoms with Crippen molar-refractivity contribution in [2.24, 2.45) is 5.92 Å². The van der Waals surface area contributed by atoms with Crippen LogP contribution >= 0.6 is 0 Å². The summed E-state index contributed by atoms with van der Waals surface area (Å²) in [7, 11) is -1.71. The van der Waals surface area contributed by atoms with Gasteiger partial charge in [0.2, 0.25) is 5.91 Å². The Morgan fingerprint density at radius 3 is 2.41 bits per heavy atom. The first-order valence-corrected chi connectivity index (χ1v) is 7.30. The van der Waals surface area contributed by atoms with Gasteiger partial charge < -0.3 is 10.0 Å². The smallest absolute Gasteiger partial charge is 0.326 e. The van der Waals surface area contributed by atoms with E-state index in [1.54, 1.807) is 6.92 Å². The molecule has 2 unspecified atom stereocenters. The molecule has 0 spiro atoms. The Kier molecular flexibility index (Phi) is 4.13. The van der Waals surface area contributed by atoms with Crippen molar-refractivity contribution < 1.29 is 23.1 Å². The minimum absolute atomic E-state index is 0.0150. The highest BCUT2D eigenvalue weighted by molar-refractivity contribution is 7.91. The Morgan fingerprint density at radius 2 is 2.06 bits per heavy atom. The summed E-state index contributed by atoms with van der Waals surface area (Å²) in [6, 6.07) is -0.884. The van der Waals surface area contributed by atoms with Crippen LogP contribution in [0.25, 0.3) is 0 Å². The van der Waals surface area contributed by atoms with Crippen LogP contribution in [-0.4, -0.2) is 54.9 Å². The molecule has 0 aromatic carbocycles. The van der Waals surface area contributed by atoms with E-state index in [2.05, 4.69) is 0 Å². The van der Waals surface area contributed by atoms with Crippen LogP contribution < -0.4 is 0 Å². The van der Waals surface area contributed by atoms with E-state index < -0.39 is 27.8 Å². The summed E-state index contributed by atoms with van der Waals surface area (Å²) in [5.74, 6) is -2.18. The van der Waals surface area contributed by atoms with Gasteiger partial charge in [0.15, 0.2) is 9.84 Å². The summed E-state index contributed by atoms with van der Waals surface area (Å²) in [5.41, 5.74) is 0. The molecule has 7 heteroatoms. The van der Waals surface area contributed by atoms with Gasteiger partial charge in [-0.2, -0.15) is 0 Å². The molecule has 0 saturated carbocycles. The first-order valence-electron chi connectivity index (χ1n) is 5.48. The predicted molar refractivity (Wildman–Crippen MR) is 61.2 cm³/mol. The number of sulfone groups is 1. The second kappa shape index (κ2) is 5.03. The van der Waals surface area contributed by atoms with Gasteiger partial charge in [-0.1, -0.05) is 6.92 Å². The lowest BCUT2D eigenvalue weighted by atomic mass is 10.1. The van der Waals surface area contributed by atoms with Crippen LogP contribution in [0.15, 0.2) is 0 Å². The zero-order valence-electron chi connectivity index (χ0n) is 9.92. The molecule has 0 aromatic rings. The molecule has 2 atom stereocenters. The predicted octanol–water partition coefficient (Wildman–Crippen LogP) is -0.257. The Bertz CT molecular complexity index is 416. The molecule has 0 aromatic heterocycles. The van der Waals surface area contributed by atoms with Gasteiger partial charge in [0.25, 0.3) is 0 Å². The summed E-state index contributed by atoms with van der Waals surface area (Å²) in [5, 5.41) is 8.93. The average Bonchev–Trinajstić information content (AvgIpc) is 2.58. The van der Waals surface area contributed by atoms with Gasteiger partial charge in [-0.3, -0.25) is 4.79 Å². The van der Waals surface area contributed by atoms with Crippen molar-refractivity contribution in [1.82, 2.24) is 4.90 Å². The number of nitrogens with zero attached hydrogens (tertiary/aromatic N) is 1. The Labute approximate surface area is 101 Å². The van der Waals surface area contributed by atoms with Crippen LogP contribution in [0.4, 0.5) is 0 Å². The molecular weight excluding hydrogens is 246 g/mol. The molecule has 1 N–H and O–H groups in total. The SMILES string of the molecule is CCC(C(=O)O)N(C)C(=O)C1CCS(=O)(=O)C1. The molecule has 1 aliphatic heterocycles. The zero-order chi connectivity index (χ0) is 13.2. The molecule has 6 nitrogen and oxygen atoms in total. The van der Waals surface area contributed by atoms with Crippen molar-refractivity contribution >= 4 is 21.7 Å². The van der Waals surface area contributed by atoms with Crippen molar-refractivity contribution in [1.29, 1.82) is 0 Å². The zero-order valence-corrected chi connectivity index (χ0v) is 10.7. The van der Waals surface area contributed by atoms with E-state index >= 15 is 0 Å². The third kappa shape index (κ3) is 3.18. The van der Waals surface area contributed by atoms with E-state index in [1.165, 1.54) is 7.05 Å². The largest absolute Gasteiger partial charge is 0.480 e. The molecule has 0 radical (unpaired) electrons. The highest BCUT2D eigenvalue weighted by Gasteiger charge is 2.37. The maximum Gasteiger partial charge on any atom is 0.326 e. The van der Waals surface area contributed by atoms with E-state index in [0.29, 0.717) is 12.8 Å². The topological polar surface area (TPSA) is 91.8 Å². The molecule has 1 fully saturated rings. The van der Waals surface area contributed by atoms with Crippen molar-refractivity contribution in [2.75, 3.05) is 18.6 Å². The molecule has 1 rings (SSSR count). The molecule has 0 aliphatic carbocycles. The number of carboxylic acids is 1. The first kappa shape index (κ1) is 14.0. The number of hydrogen-bond acceptors (Lipinski definition) is 4. The lowest BCUT2D eigenvalue weighted by molar-refractivity contribution is -0.150. The number of carboxylic acid groups (broad SMARTS) is 1. The normalized spacial score (nSPS) is 24.2. The molecule has 1 amide bonds. The minimum atomic E-state index is -3.12. The number of hydrogen-bond donors (Lipinski definition) is 1. The van der Waals surface area contributed by atoms with E-state index in [-0.39, 0.29) is 17.4 Å². The van der Waals surface area contributed by atoms with Crippen LogP contribution in [-0.2, 0) is 19.4 Å². The molecular formula is C10H17NO5S. The summed E-state index contributed by atoms with van der Waals surface area (Å²) in [4.78, 5) is 24.0. The van der Waals surface area contributed by atoms with Crippen molar-refractivity contribution in [3.63, 3.8) is 0 Å². The number of likely N-dealkylation sites (N-methyl/N-ethyl adjacent to an activating group) is 1. The third-order valence-electron chi connectivity index (χ3n) is 3.07. The highest BCUT2D eigenvalue weighted by atomic mass is 32.2. The van der Waals surface area contributed by atoms with Gasteiger partial charge in [0.1, 0.15) is 6.04 Å². The monoisotopic (exact) mass is 263 g/mol. The Balaban J connectivity index is 2.74. The second-order valence-corrected chi connectivity index (χ2v) is 6.54.